The molecule has 0 N–H and O–H groups in total. The highest BCUT2D eigenvalue weighted by Crippen LogP contribution is 2.47. The van der Waals surface area contributed by atoms with E-state index in [2.05, 4.69) is 0 Å². The summed E-state index contributed by atoms with van der Waals surface area (Å²) >= 11 is 0. The molecule has 0 aromatic carbocycles. The Morgan fingerprint density at radius 1 is 1.55 bits per heavy atom. The Bertz CT molecular complexity index is 269. The minimum atomic E-state index is -2.75. The summed E-state index contributed by atoms with van der Waals surface area (Å²) in [6.07, 6.45) is 2.72. The van der Waals surface area contributed by atoms with Crippen LogP contribution in [0.4, 0.5) is 0 Å². The van der Waals surface area contributed by atoms with Crippen molar-refractivity contribution in [1.29, 1.82) is 0 Å². The van der Waals surface area contributed by atoms with Crippen LogP contribution in [0.25, 0.3) is 0 Å². The minimum Gasteiger partial charge on any atom is -0.376 e. The lowest BCUT2D eigenvalue weighted by atomic mass is 10.0. The molecule has 4 heteroatoms. The molecule has 2 aliphatic rings. The van der Waals surface area contributed by atoms with E-state index in [4.69, 9.17) is 4.74 Å². The number of hydrogen-bond acceptors (Lipinski definition) is 3. The van der Waals surface area contributed by atoms with Crippen LogP contribution in [-0.2, 0) is 14.6 Å². The van der Waals surface area contributed by atoms with Gasteiger partial charge in [0.1, 0.15) is 0 Å². The largest absolute Gasteiger partial charge is 0.376 e. The van der Waals surface area contributed by atoms with E-state index in [0.29, 0.717) is 0 Å². The van der Waals surface area contributed by atoms with Crippen molar-refractivity contribution in [3.05, 3.63) is 0 Å². The molecule has 1 heterocycles. The monoisotopic (exact) mass is 176 g/mol. The Balaban J connectivity index is 2.30. The number of rotatable bonds is 1. The second-order valence-electron chi connectivity index (χ2n) is 3.46. The summed E-state index contributed by atoms with van der Waals surface area (Å²) in [5.41, 5.74) is -0.279. The van der Waals surface area contributed by atoms with Gasteiger partial charge in [-0.15, -0.1) is 0 Å². The zero-order valence-electron chi connectivity index (χ0n) is 6.54. The van der Waals surface area contributed by atoms with Crippen molar-refractivity contribution >= 4 is 9.84 Å². The van der Waals surface area contributed by atoms with E-state index in [1.807, 2.05) is 0 Å². The highest BCUT2D eigenvalue weighted by molar-refractivity contribution is 7.93. The Hall–Kier alpha value is -0.0900. The molecule has 0 radical (unpaired) electrons. The van der Waals surface area contributed by atoms with Crippen LogP contribution in [0.5, 0.6) is 0 Å². The van der Waals surface area contributed by atoms with Crippen molar-refractivity contribution in [2.24, 2.45) is 0 Å². The fourth-order valence-corrected chi connectivity index (χ4v) is 4.84. The van der Waals surface area contributed by atoms with Crippen molar-refractivity contribution in [2.75, 3.05) is 12.9 Å². The summed E-state index contributed by atoms with van der Waals surface area (Å²) in [6, 6.07) is 0. The summed E-state index contributed by atoms with van der Waals surface area (Å²) < 4.78 is 27.6. The van der Waals surface area contributed by atoms with Crippen LogP contribution in [0.1, 0.15) is 19.3 Å². The van der Waals surface area contributed by atoms with Gasteiger partial charge in [0.05, 0.1) is 16.6 Å². The van der Waals surface area contributed by atoms with E-state index in [1.165, 1.54) is 0 Å². The highest BCUT2D eigenvalue weighted by atomic mass is 32.2. The average Bonchev–Trinajstić information content (AvgIpc) is 2.28. The molecule has 1 saturated carbocycles. The van der Waals surface area contributed by atoms with Gasteiger partial charge >= 0.3 is 0 Å². The first-order valence-electron chi connectivity index (χ1n) is 3.87. The lowest BCUT2D eigenvalue weighted by Crippen LogP contribution is -2.60. The minimum absolute atomic E-state index is 0.181. The number of fused-ring (bicyclic) bond motifs is 1. The lowest BCUT2D eigenvalue weighted by molar-refractivity contribution is 0.00379. The molecule has 0 aromatic heterocycles. The first kappa shape index (κ1) is 7.55. The Morgan fingerprint density at radius 3 is 2.73 bits per heavy atom. The van der Waals surface area contributed by atoms with Crippen LogP contribution in [0.2, 0.25) is 0 Å². The fourth-order valence-electron chi connectivity index (χ4n) is 2.32. The van der Waals surface area contributed by atoms with Crippen LogP contribution in [0.3, 0.4) is 0 Å². The van der Waals surface area contributed by atoms with Crippen LogP contribution in [0, 0.1) is 0 Å². The van der Waals surface area contributed by atoms with Gasteiger partial charge in [-0.1, -0.05) is 0 Å². The van der Waals surface area contributed by atoms with Crippen molar-refractivity contribution in [1.82, 2.24) is 0 Å². The number of methoxy groups -OCH3 is 1. The van der Waals surface area contributed by atoms with Gasteiger partial charge in [0.2, 0.25) is 0 Å². The normalized spacial score (nSPS) is 46.5. The Kier molecular flexibility index (Phi) is 1.36. The third kappa shape index (κ3) is 0.796. The zero-order valence-corrected chi connectivity index (χ0v) is 7.36. The van der Waals surface area contributed by atoms with Gasteiger partial charge in [-0.2, -0.15) is 0 Å². The SMILES string of the molecule is CO[C@]12CCC[C@H]1S(=O)(=O)C2. The number of sulfone groups is 1. The fraction of sp³-hybridized carbons (Fsp3) is 1.00. The van der Waals surface area contributed by atoms with E-state index in [-0.39, 0.29) is 16.6 Å². The van der Waals surface area contributed by atoms with Gasteiger partial charge in [-0.3, -0.25) is 0 Å². The maximum atomic E-state index is 11.2. The van der Waals surface area contributed by atoms with E-state index >= 15 is 0 Å². The van der Waals surface area contributed by atoms with Crippen molar-refractivity contribution < 1.29 is 13.2 Å². The first-order valence-corrected chi connectivity index (χ1v) is 5.59. The van der Waals surface area contributed by atoms with Crippen LogP contribution < -0.4 is 0 Å². The maximum Gasteiger partial charge on any atom is 0.158 e. The molecule has 0 unspecified atom stereocenters. The summed E-state index contributed by atoms with van der Waals surface area (Å²) in [4.78, 5) is 0. The highest BCUT2D eigenvalue weighted by Gasteiger charge is 2.61. The second-order valence-corrected chi connectivity index (χ2v) is 5.64. The molecular weight excluding hydrogens is 164 g/mol. The van der Waals surface area contributed by atoms with Crippen molar-refractivity contribution in [3.63, 3.8) is 0 Å². The maximum absolute atomic E-state index is 11.2. The van der Waals surface area contributed by atoms with Crippen LogP contribution >= 0.6 is 0 Å². The summed E-state index contributed by atoms with van der Waals surface area (Å²) in [6.45, 7) is 0. The smallest absolute Gasteiger partial charge is 0.158 e. The molecule has 11 heavy (non-hydrogen) atoms. The quantitative estimate of drug-likeness (QED) is 0.579. The van der Waals surface area contributed by atoms with E-state index in [0.717, 1.165) is 19.3 Å². The second kappa shape index (κ2) is 1.98. The van der Waals surface area contributed by atoms with Crippen molar-refractivity contribution in [3.8, 4) is 0 Å². The van der Waals surface area contributed by atoms with E-state index in [1.54, 1.807) is 7.11 Å². The molecule has 0 amide bonds. The standard InChI is InChI=1S/C7H12O3S/c1-10-7-4-2-3-6(7)11(8,9)5-7/h6H,2-5H2,1H3/t6-,7+/m1/s1. The number of ether oxygens (including phenoxy) is 1. The summed E-state index contributed by atoms with van der Waals surface area (Å²) in [5, 5.41) is -0.181. The molecule has 1 aliphatic heterocycles. The molecular formula is C7H12O3S. The molecule has 3 nitrogen and oxygen atoms in total. The summed E-state index contributed by atoms with van der Waals surface area (Å²) in [7, 11) is -1.14. The number of hydrogen-bond donors (Lipinski definition) is 0. The van der Waals surface area contributed by atoms with Gasteiger partial charge in [-0.05, 0) is 19.3 Å². The van der Waals surface area contributed by atoms with Gasteiger partial charge in [0, 0.05) is 7.11 Å². The molecule has 1 aliphatic carbocycles. The molecule has 2 rings (SSSR count). The summed E-state index contributed by atoms with van der Waals surface area (Å²) in [5.74, 6) is 0.251. The average molecular weight is 176 g/mol. The third-order valence-electron chi connectivity index (χ3n) is 2.94. The van der Waals surface area contributed by atoms with E-state index in [9.17, 15) is 8.42 Å². The zero-order chi connectivity index (χ0) is 8.11. The molecule has 0 aromatic rings. The third-order valence-corrected chi connectivity index (χ3v) is 5.36. The topological polar surface area (TPSA) is 43.4 Å². The first-order chi connectivity index (χ1) is 5.11. The van der Waals surface area contributed by atoms with Gasteiger partial charge in [0.15, 0.2) is 9.84 Å². The van der Waals surface area contributed by atoms with Crippen LogP contribution in [-0.4, -0.2) is 32.1 Å². The molecule has 64 valence electrons. The van der Waals surface area contributed by atoms with Gasteiger partial charge in [-0.25, -0.2) is 8.42 Å². The molecule has 0 bridgehead atoms. The Morgan fingerprint density at radius 2 is 2.27 bits per heavy atom. The molecule has 0 spiro atoms. The molecule has 2 fully saturated rings. The molecule has 1 saturated heterocycles. The van der Waals surface area contributed by atoms with E-state index < -0.39 is 9.84 Å². The van der Waals surface area contributed by atoms with Crippen LogP contribution in [0.15, 0.2) is 0 Å². The van der Waals surface area contributed by atoms with Gasteiger partial charge < -0.3 is 4.74 Å². The van der Waals surface area contributed by atoms with Crippen molar-refractivity contribution in [2.45, 2.75) is 30.1 Å². The predicted molar refractivity (Wildman–Crippen MR) is 41.2 cm³/mol. The van der Waals surface area contributed by atoms with Gasteiger partial charge in [0.25, 0.3) is 0 Å². The Labute approximate surface area is 66.7 Å². The molecule has 2 atom stereocenters. The lowest BCUT2D eigenvalue weighted by Gasteiger charge is -2.42. The predicted octanol–water partition coefficient (Wildman–Crippen LogP) is 0.353.